The molecule has 1 aromatic carbocycles. The van der Waals surface area contributed by atoms with E-state index in [0.29, 0.717) is 57.2 Å². The van der Waals surface area contributed by atoms with Gasteiger partial charge in [-0.05, 0) is 36.7 Å². The van der Waals surface area contributed by atoms with E-state index in [1.54, 1.807) is 10.4 Å². The second-order valence-electron chi connectivity index (χ2n) is 13.4. The van der Waals surface area contributed by atoms with Gasteiger partial charge in [-0.25, -0.2) is 4.98 Å². The number of morpholine rings is 1. The molecule has 0 bridgehead atoms. The van der Waals surface area contributed by atoms with Crippen molar-refractivity contribution in [2.75, 3.05) is 26.3 Å². The Hall–Kier alpha value is -2.86. The van der Waals surface area contributed by atoms with Gasteiger partial charge in [0.05, 0.1) is 42.5 Å². The number of hydrogen-bond donors (Lipinski definition) is 4. The number of carbonyl (C=O) groups is 3. The van der Waals surface area contributed by atoms with Crippen LogP contribution in [0.3, 0.4) is 0 Å². The van der Waals surface area contributed by atoms with E-state index in [0.717, 1.165) is 31.2 Å². The topological polar surface area (TPSA) is 141 Å². The van der Waals surface area contributed by atoms with Crippen LogP contribution in [0.4, 0.5) is 0 Å². The number of aliphatic hydroxyl groups is 2. The average molecular weight is 657 g/mol. The highest BCUT2D eigenvalue weighted by Gasteiger charge is 2.35. The quantitative estimate of drug-likeness (QED) is 0.217. The van der Waals surface area contributed by atoms with Crippen molar-refractivity contribution in [2.45, 2.75) is 102 Å². The predicted octanol–water partition coefficient (Wildman–Crippen LogP) is 3.50. The minimum atomic E-state index is -1.14. The molecule has 4 N–H and O–H groups in total. The number of hydrogen-bond acceptors (Lipinski definition) is 8. The van der Waals surface area contributed by atoms with Crippen molar-refractivity contribution < 1.29 is 29.3 Å². The van der Waals surface area contributed by atoms with E-state index in [1.807, 2.05) is 49.6 Å². The van der Waals surface area contributed by atoms with Gasteiger partial charge < -0.3 is 30.5 Å². The molecule has 0 unspecified atom stereocenters. The van der Waals surface area contributed by atoms with Crippen LogP contribution in [0.1, 0.15) is 76.5 Å². The smallest absolute Gasteiger partial charge is 0.243 e. The van der Waals surface area contributed by atoms with Gasteiger partial charge in [0.1, 0.15) is 12.1 Å². The molecule has 1 aliphatic heterocycles. The molecule has 0 radical (unpaired) electrons. The van der Waals surface area contributed by atoms with Gasteiger partial charge >= 0.3 is 0 Å². The van der Waals surface area contributed by atoms with Crippen LogP contribution in [0.5, 0.6) is 0 Å². The van der Waals surface area contributed by atoms with E-state index in [2.05, 4.69) is 15.6 Å². The van der Waals surface area contributed by atoms with Crippen LogP contribution in [-0.2, 0) is 32.0 Å². The Morgan fingerprint density at radius 1 is 1.00 bits per heavy atom. The van der Waals surface area contributed by atoms with E-state index in [4.69, 9.17) is 4.74 Å². The molecule has 2 aromatic rings. The van der Waals surface area contributed by atoms with Crippen molar-refractivity contribution in [2.24, 2.45) is 17.8 Å². The number of amides is 3. The zero-order chi connectivity index (χ0) is 32.9. The minimum absolute atomic E-state index is 0.0101. The normalized spacial score (nSPS) is 19.2. The Labute approximate surface area is 277 Å². The third kappa shape index (κ3) is 11.4. The Balaban J connectivity index is 1.53. The van der Waals surface area contributed by atoms with Crippen molar-refractivity contribution in [3.8, 4) is 0 Å². The van der Waals surface area contributed by atoms with Gasteiger partial charge in [0, 0.05) is 31.3 Å². The molecular formula is C35H52N4O6S. The maximum absolute atomic E-state index is 14.0. The Kier molecular flexibility index (Phi) is 14.4. The monoisotopic (exact) mass is 656 g/mol. The standard InChI is InChI=1S/C35H52N4O6S/c1-24(2)17-31(40)33(42)29(19-26-11-7-4-8-12-26)37-35(44)30(21-28-22-46-23-36-28)38-34(43)27(18-25-9-5-3-6-10-25)20-32(41)39-13-15-45-16-14-39/h3,5-6,9-10,22-24,26-27,29-31,33,40,42H,4,7-8,11-21H2,1-2H3,(H,37,44)(H,38,43)/t27-,29-,30-,31-,33+/m0/s1. The van der Waals surface area contributed by atoms with E-state index in [9.17, 15) is 24.6 Å². The SMILES string of the molecule is CC(C)C[C@H](O)[C@H](O)[C@H](CC1CCCCC1)NC(=O)[C@H](Cc1cscn1)NC(=O)[C@H](CC(=O)N1CCOCC1)Cc1ccccc1. The molecular weight excluding hydrogens is 604 g/mol. The lowest BCUT2D eigenvalue weighted by Gasteiger charge is -2.34. The summed E-state index contributed by atoms with van der Waals surface area (Å²) in [6.07, 6.45) is 4.84. The van der Waals surface area contributed by atoms with Gasteiger partial charge in [0.15, 0.2) is 0 Å². The molecule has 5 atom stereocenters. The number of carbonyl (C=O) groups excluding carboxylic acids is 3. The summed E-state index contributed by atoms with van der Waals surface area (Å²) in [7, 11) is 0. The number of thiazole rings is 1. The lowest BCUT2D eigenvalue weighted by molar-refractivity contribution is -0.140. The van der Waals surface area contributed by atoms with E-state index < -0.39 is 36.1 Å². The maximum atomic E-state index is 14.0. The summed E-state index contributed by atoms with van der Waals surface area (Å²) in [5, 5.41) is 30.0. The highest BCUT2D eigenvalue weighted by Crippen LogP contribution is 2.29. The minimum Gasteiger partial charge on any atom is -0.390 e. The Morgan fingerprint density at radius 3 is 2.37 bits per heavy atom. The number of aromatic nitrogens is 1. The number of aliphatic hydroxyl groups excluding tert-OH is 2. The first kappa shape index (κ1) is 36.0. The fourth-order valence-electron chi connectivity index (χ4n) is 6.59. The average Bonchev–Trinajstić information content (AvgIpc) is 3.57. The molecule has 46 heavy (non-hydrogen) atoms. The second kappa shape index (κ2) is 18.5. The number of rotatable bonds is 16. The summed E-state index contributed by atoms with van der Waals surface area (Å²) in [5.41, 5.74) is 3.27. The molecule has 2 heterocycles. The summed E-state index contributed by atoms with van der Waals surface area (Å²) in [5.74, 6) is -1.11. The number of benzene rings is 1. The van der Waals surface area contributed by atoms with Crippen LogP contribution < -0.4 is 10.6 Å². The van der Waals surface area contributed by atoms with Gasteiger partial charge in [-0.3, -0.25) is 14.4 Å². The van der Waals surface area contributed by atoms with Crippen molar-refractivity contribution in [1.29, 1.82) is 0 Å². The van der Waals surface area contributed by atoms with Crippen LogP contribution in [0, 0.1) is 17.8 Å². The van der Waals surface area contributed by atoms with Gasteiger partial charge in [0.25, 0.3) is 0 Å². The van der Waals surface area contributed by atoms with Crippen LogP contribution in [0.25, 0.3) is 0 Å². The first-order chi connectivity index (χ1) is 22.2. The molecule has 2 fully saturated rings. The summed E-state index contributed by atoms with van der Waals surface area (Å²) in [6.45, 7) is 5.88. The fraction of sp³-hybridized carbons (Fsp3) is 0.657. The van der Waals surface area contributed by atoms with Crippen LogP contribution in [-0.4, -0.2) is 88.4 Å². The Bertz CT molecular complexity index is 1200. The highest BCUT2D eigenvalue weighted by atomic mass is 32.1. The van der Waals surface area contributed by atoms with E-state index >= 15 is 0 Å². The van der Waals surface area contributed by atoms with Gasteiger partial charge in [-0.2, -0.15) is 0 Å². The van der Waals surface area contributed by atoms with Crippen LogP contribution in [0.2, 0.25) is 0 Å². The molecule has 1 saturated carbocycles. The summed E-state index contributed by atoms with van der Waals surface area (Å²) in [6, 6.07) is 7.92. The fourth-order valence-corrected chi connectivity index (χ4v) is 7.17. The molecule has 2 aliphatic rings. The van der Waals surface area contributed by atoms with Gasteiger partial charge in [-0.15, -0.1) is 11.3 Å². The van der Waals surface area contributed by atoms with E-state index in [1.165, 1.54) is 17.8 Å². The third-order valence-corrected chi connectivity index (χ3v) is 9.80. The lowest BCUT2D eigenvalue weighted by atomic mass is 9.82. The van der Waals surface area contributed by atoms with Crippen molar-refractivity contribution >= 4 is 29.1 Å². The number of ether oxygens (including phenoxy) is 1. The van der Waals surface area contributed by atoms with Crippen LogP contribution in [0.15, 0.2) is 41.2 Å². The molecule has 11 heteroatoms. The summed E-state index contributed by atoms with van der Waals surface area (Å²) < 4.78 is 5.40. The number of nitrogens with one attached hydrogen (secondary N) is 2. The third-order valence-electron chi connectivity index (χ3n) is 9.17. The zero-order valence-corrected chi connectivity index (χ0v) is 28.1. The second-order valence-corrected chi connectivity index (χ2v) is 14.1. The largest absolute Gasteiger partial charge is 0.390 e. The molecule has 1 saturated heterocycles. The van der Waals surface area contributed by atoms with Gasteiger partial charge in [-0.1, -0.05) is 76.3 Å². The van der Waals surface area contributed by atoms with Crippen molar-refractivity contribution in [1.82, 2.24) is 20.5 Å². The maximum Gasteiger partial charge on any atom is 0.243 e. The van der Waals surface area contributed by atoms with E-state index in [-0.39, 0.29) is 30.6 Å². The zero-order valence-electron chi connectivity index (χ0n) is 27.3. The lowest BCUT2D eigenvalue weighted by Crippen LogP contribution is -2.56. The molecule has 254 valence electrons. The Morgan fingerprint density at radius 2 is 1.72 bits per heavy atom. The van der Waals surface area contributed by atoms with Crippen molar-refractivity contribution in [3.63, 3.8) is 0 Å². The molecule has 4 rings (SSSR count). The molecule has 1 aliphatic carbocycles. The highest BCUT2D eigenvalue weighted by molar-refractivity contribution is 7.07. The summed E-state index contributed by atoms with van der Waals surface area (Å²) in [4.78, 5) is 47.4. The molecule has 10 nitrogen and oxygen atoms in total. The summed E-state index contributed by atoms with van der Waals surface area (Å²) >= 11 is 1.41. The molecule has 0 spiro atoms. The predicted molar refractivity (Wildman–Crippen MR) is 178 cm³/mol. The number of nitrogens with zero attached hydrogens (tertiary/aromatic N) is 2. The molecule has 3 amide bonds. The van der Waals surface area contributed by atoms with Crippen LogP contribution >= 0.6 is 11.3 Å². The molecule has 1 aromatic heterocycles. The first-order valence-corrected chi connectivity index (χ1v) is 17.9. The van der Waals surface area contributed by atoms with Gasteiger partial charge in [0.2, 0.25) is 17.7 Å². The first-order valence-electron chi connectivity index (χ1n) is 16.9. The van der Waals surface area contributed by atoms with Crippen molar-refractivity contribution in [3.05, 3.63) is 52.5 Å².